The summed E-state index contributed by atoms with van der Waals surface area (Å²) in [5.74, 6) is -0.258. The van der Waals surface area contributed by atoms with Crippen molar-refractivity contribution in [2.75, 3.05) is 19.7 Å². The molecule has 0 saturated carbocycles. The second-order valence-electron chi connectivity index (χ2n) is 6.40. The summed E-state index contributed by atoms with van der Waals surface area (Å²) >= 11 is 0. The standard InChI is InChI=1S/C17H31N3O5/c1-6-12-24-15(22)19-11-9-8-10-13(14(21)18-7-2)20-16(23)25-17(3,4)5/h6,13H,1,7-12H2,2-5H3,(H,18,21)(H,19,22)(H,20,23)/t13-/m0/s1. The van der Waals surface area contributed by atoms with E-state index in [-0.39, 0.29) is 12.5 Å². The van der Waals surface area contributed by atoms with Crippen LogP contribution in [0.25, 0.3) is 0 Å². The van der Waals surface area contributed by atoms with Crippen molar-refractivity contribution >= 4 is 18.1 Å². The van der Waals surface area contributed by atoms with Crippen LogP contribution in [0.5, 0.6) is 0 Å². The summed E-state index contributed by atoms with van der Waals surface area (Å²) < 4.78 is 9.96. The highest BCUT2D eigenvalue weighted by molar-refractivity contribution is 5.85. The molecule has 0 aromatic rings. The van der Waals surface area contributed by atoms with Gasteiger partial charge in [-0.25, -0.2) is 9.59 Å². The molecule has 8 nitrogen and oxygen atoms in total. The predicted octanol–water partition coefficient (Wildman–Crippen LogP) is 2.10. The second kappa shape index (κ2) is 12.2. The molecule has 8 heteroatoms. The van der Waals surface area contributed by atoms with Gasteiger partial charge in [-0.15, -0.1) is 0 Å². The molecule has 0 rings (SSSR count). The highest BCUT2D eigenvalue weighted by atomic mass is 16.6. The van der Waals surface area contributed by atoms with E-state index in [1.54, 1.807) is 27.7 Å². The maximum atomic E-state index is 12.1. The molecular weight excluding hydrogens is 326 g/mol. The minimum Gasteiger partial charge on any atom is -0.445 e. The lowest BCUT2D eigenvalue weighted by atomic mass is 10.1. The monoisotopic (exact) mass is 357 g/mol. The molecule has 0 radical (unpaired) electrons. The Morgan fingerprint density at radius 3 is 2.36 bits per heavy atom. The quantitative estimate of drug-likeness (QED) is 0.410. The van der Waals surface area contributed by atoms with E-state index in [4.69, 9.17) is 9.47 Å². The topological polar surface area (TPSA) is 106 Å². The van der Waals surface area contributed by atoms with Crippen molar-refractivity contribution in [3.05, 3.63) is 12.7 Å². The first-order valence-corrected chi connectivity index (χ1v) is 8.48. The van der Waals surface area contributed by atoms with E-state index in [2.05, 4.69) is 22.5 Å². The summed E-state index contributed by atoms with van der Waals surface area (Å²) in [6, 6.07) is -0.678. The van der Waals surface area contributed by atoms with Crippen LogP contribution < -0.4 is 16.0 Å². The van der Waals surface area contributed by atoms with E-state index in [1.165, 1.54) is 6.08 Å². The summed E-state index contributed by atoms with van der Waals surface area (Å²) in [7, 11) is 0. The van der Waals surface area contributed by atoms with Gasteiger partial charge in [0.2, 0.25) is 5.91 Å². The van der Waals surface area contributed by atoms with Gasteiger partial charge in [0.15, 0.2) is 0 Å². The fraction of sp³-hybridized carbons (Fsp3) is 0.706. The fourth-order valence-electron chi connectivity index (χ4n) is 1.87. The number of hydrogen-bond donors (Lipinski definition) is 3. The highest BCUT2D eigenvalue weighted by Gasteiger charge is 2.23. The number of carbonyl (C=O) groups is 3. The number of unbranched alkanes of at least 4 members (excludes halogenated alkanes) is 1. The van der Waals surface area contributed by atoms with Crippen molar-refractivity contribution in [3.63, 3.8) is 0 Å². The zero-order valence-electron chi connectivity index (χ0n) is 15.6. The average Bonchev–Trinajstić information content (AvgIpc) is 2.49. The maximum absolute atomic E-state index is 12.1. The smallest absolute Gasteiger partial charge is 0.408 e. The Hall–Kier alpha value is -2.25. The first-order chi connectivity index (χ1) is 11.7. The van der Waals surface area contributed by atoms with Gasteiger partial charge in [-0.3, -0.25) is 4.79 Å². The third kappa shape index (κ3) is 12.8. The lowest BCUT2D eigenvalue weighted by Gasteiger charge is -2.23. The zero-order valence-corrected chi connectivity index (χ0v) is 15.6. The predicted molar refractivity (Wildman–Crippen MR) is 95.2 cm³/mol. The first-order valence-electron chi connectivity index (χ1n) is 8.48. The van der Waals surface area contributed by atoms with Crippen LogP contribution in [0.1, 0.15) is 47.0 Å². The van der Waals surface area contributed by atoms with Gasteiger partial charge in [0, 0.05) is 13.1 Å². The van der Waals surface area contributed by atoms with Crippen LogP contribution in [0.2, 0.25) is 0 Å². The van der Waals surface area contributed by atoms with E-state index in [0.29, 0.717) is 32.4 Å². The van der Waals surface area contributed by atoms with Gasteiger partial charge < -0.3 is 25.4 Å². The van der Waals surface area contributed by atoms with Crippen molar-refractivity contribution < 1.29 is 23.9 Å². The van der Waals surface area contributed by atoms with Gasteiger partial charge in [0.1, 0.15) is 18.2 Å². The van der Waals surface area contributed by atoms with Crippen LogP contribution >= 0.6 is 0 Å². The summed E-state index contributed by atoms with van der Waals surface area (Å²) in [4.78, 5) is 35.2. The van der Waals surface area contributed by atoms with Crippen LogP contribution in [-0.4, -0.2) is 49.4 Å². The summed E-state index contributed by atoms with van der Waals surface area (Å²) in [6.07, 6.45) is 2.07. The molecule has 0 aromatic heterocycles. The molecule has 0 aliphatic carbocycles. The largest absolute Gasteiger partial charge is 0.445 e. The lowest BCUT2D eigenvalue weighted by molar-refractivity contribution is -0.123. The van der Waals surface area contributed by atoms with Crippen molar-refractivity contribution in [1.29, 1.82) is 0 Å². The number of amides is 3. The van der Waals surface area contributed by atoms with Crippen molar-refractivity contribution in [2.45, 2.75) is 58.6 Å². The Bertz CT molecular complexity index is 446. The van der Waals surface area contributed by atoms with E-state index < -0.39 is 23.8 Å². The van der Waals surface area contributed by atoms with Crippen molar-refractivity contribution in [1.82, 2.24) is 16.0 Å². The lowest BCUT2D eigenvalue weighted by Crippen LogP contribution is -2.48. The number of nitrogens with one attached hydrogen (secondary N) is 3. The number of likely N-dealkylation sites (N-methyl/N-ethyl adjacent to an activating group) is 1. The minimum absolute atomic E-state index is 0.158. The van der Waals surface area contributed by atoms with Crippen molar-refractivity contribution in [3.8, 4) is 0 Å². The van der Waals surface area contributed by atoms with Crippen LogP contribution in [0.15, 0.2) is 12.7 Å². The van der Waals surface area contributed by atoms with Crippen molar-refractivity contribution in [2.24, 2.45) is 0 Å². The molecule has 0 bridgehead atoms. The summed E-state index contributed by atoms with van der Waals surface area (Å²) in [6.45, 7) is 11.6. The third-order valence-electron chi connectivity index (χ3n) is 2.88. The Morgan fingerprint density at radius 1 is 1.12 bits per heavy atom. The molecule has 0 aliphatic heterocycles. The van der Waals surface area contributed by atoms with E-state index in [0.717, 1.165) is 0 Å². The molecule has 3 amide bonds. The second-order valence-corrected chi connectivity index (χ2v) is 6.40. The van der Waals surface area contributed by atoms with Gasteiger partial charge >= 0.3 is 12.2 Å². The van der Waals surface area contributed by atoms with Gasteiger partial charge in [-0.05, 0) is 47.0 Å². The van der Waals surface area contributed by atoms with Gasteiger partial charge in [-0.2, -0.15) is 0 Å². The molecule has 25 heavy (non-hydrogen) atoms. The fourth-order valence-corrected chi connectivity index (χ4v) is 1.87. The number of alkyl carbamates (subject to hydrolysis) is 2. The molecule has 0 spiro atoms. The van der Waals surface area contributed by atoms with E-state index in [1.807, 2.05) is 0 Å². The summed E-state index contributed by atoms with van der Waals surface area (Å²) in [5, 5.41) is 7.87. The minimum atomic E-state index is -0.678. The Labute approximate surface area is 149 Å². The molecule has 0 aromatic carbocycles. The number of hydrogen-bond acceptors (Lipinski definition) is 5. The summed E-state index contributed by atoms with van der Waals surface area (Å²) in [5.41, 5.74) is -0.633. The number of rotatable bonds is 10. The first kappa shape index (κ1) is 22.8. The highest BCUT2D eigenvalue weighted by Crippen LogP contribution is 2.08. The molecule has 0 aliphatic rings. The molecule has 0 heterocycles. The molecule has 3 N–H and O–H groups in total. The molecule has 0 saturated heterocycles. The molecule has 0 unspecified atom stereocenters. The van der Waals surface area contributed by atoms with Gasteiger partial charge in [0.05, 0.1) is 0 Å². The Kier molecular flexibility index (Phi) is 11.1. The Morgan fingerprint density at radius 2 is 1.80 bits per heavy atom. The zero-order chi connectivity index (χ0) is 19.3. The van der Waals surface area contributed by atoms with Gasteiger partial charge in [-0.1, -0.05) is 12.7 Å². The van der Waals surface area contributed by atoms with Gasteiger partial charge in [0.25, 0.3) is 0 Å². The third-order valence-corrected chi connectivity index (χ3v) is 2.88. The van der Waals surface area contributed by atoms with Crippen LogP contribution in [0.4, 0.5) is 9.59 Å². The molecule has 0 fully saturated rings. The number of ether oxygens (including phenoxy) is 2. The maximum Gasteiger partial charge on any atom is 0.408 e. The normalized spacial score (nSPS) is 11.8. The van der Waals surface area contributed by atoms with Crippen LogP contribution in [0.3, 0.4) is 0 Å². The molecule has 1 atom stereocenters. The molecule has 144 valence electrons. The Balaban J connectivity index is 4.28. The number of carbonyl (C=O) groups excluding carboxylic acids is 3. The molecular formula is C17H31N3O5. The van der Waals surface area contributed by atoms with E-state index >= 15 is 0 Å². The SMILES string of the molecule is C=CCOC(=O)NCCCC[C@H](NC(=O)OC(C)(C)C)C(=O)NCC. The van der Waals surface area contributed by atoms with E-state index in [9.17, 15) is 14.4 Å². The average molecular weight is 357 g/mol. The van der Waals surface area contributed by atoms with Crippen LogP contribution in [0, 0.1) is 0 Å². The van der Waals surface area contributed by atoms with Crippen LogP contribution in [-0.2, 0) is 14.3 Å².